The molecule has 0 fully saturated rings. The molecule has 0 saturated heterocycles. The van der Waals surface area contributed by atoms with Gasteiger partial charge in [0, 0.05) is 18.1 Å². The van der Waals surface area contributed by atoms with Gasteiger partial charge in [-0.15, -0.1) is 0 Å². The average Bonchev–Trinajstić information content (AvgIpc) is 2.55. The minimum Gasteiger partial charge on any atom is -0.314 e. The molecule has 1 amide bonds. The van der Waals surface area contributed by atoms with Gasteiger partial charge < -0.3 is 4.90 Å². The van der Waals surface area contributed by atoms with Crippen LogP contribution >= 0.6 is 15.9 Å². The van der Waals surface area contributed by atoms with Crippen molar-refractivity contribution in [3.63, 3.8) is 0 Å². The van der Waals surface area contributed by atoms with Crippen LogP contribution in [0.1, 0.15) is 18.4 Å². The lowest BCUT2D eigenvalue weighted by Gasteiger charge is -2.24. The zero-order chi connectivity index (χ0) is 12.5. The van der Waals surface area contributed by atoms with Gasteiger partial charge >= 0.3 is 0 Å². The van der Waals surface area contributed by atoms with Gasteiger partial charge in [-0.1, -0.05) is 34.1 Å². The Morgan fingerprint density at radius 3 is 2.82 bits per heavy atom. The monoisotopic (exact) mass is 292 g/mol. The van der Waals surface area contributed by atoms with Gasteiger partial charge in [-0.25, -0.2) is 0 Å². The lowest BCUT2D eigenvalue weighted by molar-refractivity contribution is -0.122. The van der Waals surface area contributed by atoms with Crippen molar-refractivity contribution in [2.24, 2.45) is 0 Å². The highest BCUT2D eigenvalue weighted by Crippen LogP contribution is 2.45. The van der Waals surface area contributed by atoms with Crippen molar-refractivity contribution in [1.29, 1.82) is 5.26 Å². The number of amides is 1. The van der Waals surface area contributed by atoms with E-state index >= 15 is 0 Å². The van der Waals surface area contributed by atoms with Gasteiger partial charge in [0.05, 0.1) is 17.9 Å². The summed E-state index contributed by atoms with van der Waals surface area (Å²) < 4.78 is 0. The van der Waals surface area contributed by atoms with Gasteiger partial charge in [0.2, 0.25) is 5.91 Å². The maximum absolute atomic E-state index is 12.4. The Morgan fingerprint density at radius 1 is 1.47 bits per heavy atom. The summed E-state index contributed by atoms with van der Waals surface area (Å²) >= 11 is 3.38. The van der Waals surface area contributed by atoms with E-state index in [-0.39, 0.29) is 12.3 Å². The molecule has 0 saturated carbocycles. The normalized spacial score (nSPS) is 22.4. The van der Waals surface area contributed by atoms with Crippen molar-refractivity contribution in [2.75, 3.05) is 17.3 Å². The van der Waals surface area contributed by atoms with Crippen LogP contribution in [-0.2, 0) is 10.2 Å². The number of rotatable bonds is 3. The number of benzene rings is 1. The Bertz CT molecular complexity index is 494. The fourth-order valence-electron chi connectivity index (χ4n) is 2.51. The van der Waals surface area contributed by atoms with Gasteiger partial charge in [0.1, 0.15) is 0 Å². The molecule has 1 aromatic carbocycles. The second-order valence-corrected chi connectivity index (χ2v) is 5.03. The third kappa shape index (κ3) is 1.66. The Morgan fingerprint density at radius 2 is 2.18 bits per heavy atom. The van der Waals surface area contributed by atoms with Gasteiger partial charge in [0.25, 0.3) is 0 Å². The molecule has 0 spiro atoms. The van der Waals surface area contributed by atoms with E-state index in [0.29, 0.717) is 11.8 Å². The first-order valence-corrected chi connectivity index (χ1v) is 6.60. The molecule has 1 aromatic rings. The standard InChI is InChI=1S/C13H13BrN2O/c1-16-11-5-3-2-4-10(11)13(6-8-14,7-9-15)12(16)17/h2-5H,6-8H2,1H3. The maximum atomic E-state index is 12.4. The largest absolute Gasteiger partial charge is 0.314 e. The average molecular weight is 293 g/mol. The minimum absolute atomic E-state index is 0.0275. The summed E-state index contributed by atoms with van der Waals surface area (Å²) in [5.41, 5.74) is 1.24. The summed E-state index contributed by atoms with van der Waals surface area (Å²) in [4.78, 5) is 14.1. The second-order valence-electron chi connectivity index (χ2n) is 4.24. The van der Waals surface area contributed by atoms with E-state index in [1.807, 2.05) is 24.3 Å². The van der Waals surface area contributed by atoms with Crippen molar-refractivity contribution in [3.05, 3.63) is 29.8 Å². The Hall–Kier alpha value is -1.34. The number of likely N-dealkylation sites (N-methyl/N-ethyl adjacent to an activating group) is 1. The van der Waals surface area contributed by atoms with Crippen LogP contribution in [0.4, 0.5) is 5.69 Å². The van der Waals surface area contributed by atoms with Crippen LogP contribution in [0.15, 0.2) is 24.3 Å². The quantitative estimate of drug-likeness (QED) is 0.804. The number of nitriles is 1. The first kappa shape index (κ1) is 12.1. The highest BCUT2D eigenvalue weighted by Gasteiger charge is 2.48. The van der Waals surface area contributed by atoms with Crippen LogP contribution in [0.3, 0.4) is 0 Å². The van der Waals surface area contributed by atoms with Crippen LogP contribution < -0.4 is 4.90 Å². The number of carbonyl (C=O) groups is 1. The van der Waals surface area contributed by atoms with E-state index in [9.17, 15) is 4.79 Å². The van der Waals surface area contributed by atoms with E-state index in [0.717, 1.165) is 11.3 Å². The van der Waals surface area contributed by atoms with Gasteiger partial charge in [0.15, 0.2) is 0 Å². The molecule has 1 aliphatic heterocycles. The topological polar surface area (TPSA) is 44.1 Å². The number of anilines is 1. The fourth-order valence-corrected chi connectivity index (χ4v) is 3.19. The van der Waals surface area contributed by atoms with Crippen LogP contribution in [-0.4, -0.2) is 18.3 Å². The Balaban J connectivity index is 2.60. The number of hydrogen-bond donors (Lipinski definition) is 0. The number of halogens is 1. The summed E-state index contributed by atoms with van der Waals surface area (Å²) in [6.07, 6.45) is 0.888. The summed E-state index contributed by atoms with van der Waals surface area (Å²) in [5.74, 6) is 0.0275. The predicted molar refractivity (Wildman–Crippen MR) is 70.2 cm³/mol. The van der Waals surface area contributed by atoms with E-state index < -0.39 is 5.41 Å². The first-order chi connectivity index (χ1) is 8.17. The molecule has 0 N–H and O–H groups in total. The Kier molecular flexibility index (Phi) is 3.21. The number of fused-ring (bicyclic) bond motifs is 1. The molecule has 17 heavy (non-hydrogen) atoms. The molecule has 0 aliphatic carbocycles. The van der Waals surface area contributed by atoms with Gasteiger partial charge in [-0.3, -0.25) is 4.79 Å². The molecule has 1 aliphatic rings. The maximum Gasteiger partial charge on any atom is 0.238 e. The lowest BCUT2D eigenvalue weighted by atomic mass is 9.77. The van der Waals surface area contributed by atoms with E-state index in [1.165, 1.54) is 0 Å². The van der Waals surface area contributed by atoms with E-state index in [4.69, 9.17) is 5.26 Å². The van der Waals surface area contributed by atoms with Crippen molar-refractivity contribution < 1.29 is 4.79 Å². The molecule has 1 heterocycles. The predicted octanol–water partition coefficient (Wildman–Crippen LogP) is 2.60. The molecule has 3 nitrogen and oxygen atoms in total. The minimum atomic E-state index is -0.663. The highest BCUT2D eigenvalue weighted by atomic mass is 79.9. The van der Waals surface area contributed by atoms with Crippen molar-refractivity contribution >= 4 is 27.5 Å². The number of carbonyl (C=O) groups excluding carboxylic acids is 1. The fraction of sp³-hybridized carbons (Fsp3) is 0.385. The highest BCUT2D eigenvalue weighted by molar-refractivity contribution is 9.09. The summed E-state index contributed by atoms with van der Waals surface area (Å²) in [6, 6.07) is 9.88. The van der Waals surface area contributed by atoms with Crippen LogP contribution in [0.5, 0.6) is 0 Å². The van der Waals surface area contributed by atoms with Crippen LogP contribution in [0, 0.1) is 11.3 Å². The molecule has 1 unspecified atom stereocenters. The van der Waals surface area contributed by atoms with Crippen LogP contribution in [0.25, 0.3) is 0 Å². The smallest absolute Gasteiger partial charge is 0.238 e. The van der Waals surface area contributed by atoms with E-state index in [2.05, 4.69) is 22.0 Å². The molecule has 88 valence electrons. The Labute approximate surface area is 109 Å². The zero-order valence-electron chi connectivity index (χ0n) is 9.61. The lowest BCUT2D eigenvalue weighted by Crippen LogP contribution is -2.38. The van der Waals surface area contributed by atoms with Gasteiger partial charge in [-0.05, 0) is 18.1 Å². The molecule has 4 heteroatoms. The van der Waals surface area contributed by atoms with Crippen molar-refractivity contribution in [2.45, 2.75) is 18.3 Å². The number of hydrogen-bond acceptors (Lipinski definition) is 2. The molecule has 0 aromatic heterocycles. The van der Waals surface area contributed by atoms with Crippen LogP contribution in [0.2, 0.25) is 0 Å². The molecular formula is C13H13BrN2O. The SMILES string of the molecule is CN1C(=O)C(CC#N)(CCBr)c2ccccc21. The first-order valence-electron chi connectivity index (χ1n) is 5.48. The number of alkyl halides is 1. The van der Waals surface area contributed by atoms with Crippen molar-refractivity contribution in [1.82, 2.24) is 0 Å². The number of nitrogens with zero attached hydrogens (tertiary/aromatic N) is 2. The molecule has 0 radical (unpaired) electrons. The zero-order valence-corrected chi connectivity index (χ0v) is 11.2. The van der Waals surface area contributed by atoms with E-state index in [1.54, 1.807) is 11.9 Å². The number of para-hydroxylation sites is 1. The second kappa shape index (κ2) is 4.50. The van der Waals surface area contributed by atoms with Gasteiger partial charge in [-0.2, -0.15) is 5.26 Å². The third-order valence-electron chi connectivity index (χ3n) is 3.40. The summed E-state index contributed by atoms with van der Waals surface area (Å²) in [7, 11) is 1.77. The summed E-state index contributed by atoms with van der Waals surface area (Å²) in [6.45, 7) is 0. The molecule has 1 atom stereocenters. The molecule has 0 bridgehead atoms. The summed E-state index contributed by atoms with van der Waals surface area (Å²) in [5, 5.41) is 9.72. The molecule has 2 rings (SSSR count). The van der Waals surface area contributed by atoms with Crippen molar-refractivity contribution in [3.8, 4) is 6.07 Å². The third-order valence-corrected chi connectivity index (χ3v) is 3.79. The molecular weight excluding hydrogens is 280 g/mol.